The molecule has 1 unspecified atom stereocenters. The molecule has 0 saturated carbocycles. The number of fused-ring (bicyclic) bond motifs is 1. The third kappa shape index (κ3) is 5.49. The summed E-state index contributed by atoms with van der Waals surface area (Å²) in [5.41, 5.74) is 3.69. The summed E-state index contributed by atoms with van der Waals surface area (Å²) in [7, 11) is 0.346. The number of likely N-dealkylation sites (N-methyl/N-ethyl adjacent to an activating group) is 1. The maximum atomic E-state index is 13.6. The van der Waals surface area contributed by atoms with Crippen LogP contribution in [-0.4, -0.2) is 68.3 Å². The first kappa shape index (κ1) is 26.7. The number of carbonyl (C=O) groups excluding carboxylic acids is 1. The monoisotopic (exact) mass is 528 g/mol. The number of thiazole rings is 1. The molecule has 1 atom stereocenters. The van der Waals surface area contributed by atoms with E-state index in [9.17, 15) is 13.2 Å². The lowest BCUT2D eigenvalue weighted by Crippen LogP contribution is -2.43. The summed E-state index contributed by atoms with van der Waals surface area (Å²) in [4.78, 5) is 22.4. The molecule has 1 aromatic heterocycles. The number of amides is 1. The van der Waals surface area contributed by atoms with Crippen molar-refractivity contribution in [1.82, 2.24) is 14.2 Å². The Kier molecular flexibility index (Phi) is 8.14. The van der Waals surface area contributed by atoms with Crippen LogP contribution in [0.1, 0.15) is 54.1 Å². The molecule has 7 nitrogen and oxygen atoms in total. The highest BCUT2D eigenvalue weighted by atomic mass is 32.2. The number of sulfonamides is 1. The smallest absolute Gasteiger partial charge is 0.260 e. The highest BCUT2D eigenvalue weighted by molar-refractivity contribution is 7.89. The van der Waals surface area contributed by atoms with Crippen molar-refractivity contribution < 1.29 is 13.2 Å². The Morgan fingerprint density at radius 2 is 1.78 bits per heavy atom. The summed E-state index contributed by atoms with van der Waals surface area (Å²) in [6, 6.07) is 10.6. The van der Waals surface area contributed by atoms with Crippen molar-refractivity contribution in [3.05, 3.63) is 53.1 Å². The lowest BCUT2D eigenvalue weighted by atomic mass is 10.0. The van der Waals surface area contributed by atoms with E-state index in [1.165, 1.54) is 22.5 Å². The number of nitrogens with zero attached hydrogens (tertiary/aromatic N) is 4. The molecule has 1 aliphatic rings. The summed E-state index contributed by atoms with van der Waals surface area (Å²) >= 11 is 1.50. The van der Waals surface area contributed by atoms with Crippen LogP contribution in [0.15, 0.2) is 41.3 Å². The quantitative estimate of drug-likeness (QED) is 0.408. The van der Waals surface area contributed by atoms with Crippen molar-refractivity contribution >= 4 is 42.6 Å². The Bertz CT molecular complexity index is 1290. The van der Waals surface area contributed by atoms with Crippen molar-refractivity contribution in [2.24, 2.45) is 0 Å². The van der Waals surface area contributed by atoms with Gasteiger partial charge in [0.15, 0.2) is 5.13 Å². The fraction of sp³-hybridized carbons (Fsp3) is 0.481. The summed E-state index contributed by atoms with van der Waals surface area (Å²) < 4.78 is 29.4. The van der Waals surface area contributed by atoms with Gasteiger partial charge in [-0.15, -0.1) is 0 Å². The molecule has 0 radical (unpaired) electrons. The second-order valence-corrected chi connectivity index (χ2v) is 12.8. The van der Waals surface area contributed by atoms with Crippen LogP contribution in [0.2, 0.25) is 0 Å². The molecule has 2 aromatic carbocycles. The summed E-state index contributed by atoms with van der Waals surface area (Å²) in [5, 5.41) is 0.651. The average Bonchev–Trinajstić information content (AvgIpc) is 3.26. The van der Waals surface area contributed by atoms with E-state index in [2.05, 4.69) is 26.0 Å². The number of piperidine rings is 1. The maximum absolute atomic E-state index is 13.6. The van der Waals surface area contributed by atoms with Crippen molar-refractivity contribution in [3.8, 4) is 0 Å². The van der Waals surface area contributed by atoms with Gasteiger partial charge in [-0.1, -0.05) is 24.7 Å². The highest BCUT2D eigenvalue weighted by Crippen LogP contribution is 2.32. The van der Waals surface area contributed by atoms with Crippen LogP contribution >= 0.6 is 11.3 Å². The Labute approximate surface area is 218 Å². The van der Waals surface area contributed by atoms with E-state index in [-0.39, 0.29) is 16.8 Å². The van der Waals surface area contributed by atoms with Gasteiger partial charge in [0.05, 0.1) is 15.1 Å². The minimum absolute atomic E-state index is 0.0397. The summed E-state index contributed by atoms with van der Waals surface area (Å²) in [5.74, 6) is -0.183. The van der Waals surface area contributed by atoms with Crippen LogP contribution in [0.25, 0.3) is 10.2 Å². The molecule has 1 fully saturated rings. The molecule has 0 bridgehead atoms. The average molecular weight is 529 g/mol. The Morgan fingerprint density at radius 3 is 2.44 bits per heavy atom. The third-order valence-electron chi connectivity index (χ3n) is 6.99. The second kappa shape index (κ2) is 11.0. The number of rotatable bonds is 8. The molecule has 9 heteroatoms. The second-order valence-electron chi connectivity index (χ2n) is 9.86. The Morgan fingerprint density at radius 1 is 1.08 bits per heavy atom. The van der Waals surface area contributed by atoms with Crippen molar-refractivity contribution in [3.63, 3.8) is 0 Å². The minimum atomic E-state index is -3.59. The molecule has 0 aliphatic carbocycles. The predicted molar refractivity (Wildman–Crippen MR) is 148 cm³/mol. The zero-order chi connectivity index (χ0) is 26.0. The molecule has 0 N–H and O–H groups in total. The number of hydrogen-bond donors (Lipinski definition) is 0. The predicted octanol–water partition coefficient (Wildman–Crippen LogP) is 5.07. The first-order valence-corrected chi connectivity index (χ1v) is 14.8. The van der Waals surface area contributed by atoms with Crippen LogP contribution < -0.4 is 4.90 Å². The highest BCUT2D eigenvalue weighted by Gasteiger charge is 2.32. The van der Waals surface area contributed by atoms with Crippen LogP contribution in [0, 0.1) is 13.8 Å². The first-order valence-electron chi connectivity index (χ1n) is 12.6. The van der Waals surface area contributed by atoms with E-state index >= 15 is 0 Å². The van der Waals surface area contributed by atoms with E-state index in [0.717, 1.165) is 35.9 Å². The minimum Gasteiger partial charge on any atom is -0.308 e. The van der Waals surface area contributed by atoms with Crippen LogP contribution in [0.4, 0.5) is 5.13 Å². The molecule has 36 heavy (non-hydrogen) atoms. The zero-order valence-electron chi connectivity index (χ0n) is 21.8. The molecule has 1 saturated heterocycles. The van der Waals surface area contributed by atoms with Gasteiger partial charge in [0.25, 0.3) is 5.91 Å². The van der Waals surface area contributed by atoms with Gasteiger partial charge in [-0.05, 0) is 94.7 Å². The first-order chi connectivity index (χ1) is 17.1. The lowest BCUT2D eigenvalue weighted by Gasteiger charge is -2.34. The van der Waals surface area contributed by atoms with Gasteiger partial charge in [-0.25, -0.2) is 13.4 Å². The van der Waals surface area contributed by atoms with Crippen LogP contribution in [-0.2, 0) is 10.0 Å². The van der Waals surface area contributed by atoms with Gasteiger partial charge in [-0.2, -0.15) is 4.31 Å². The molecule has 4 rings (SSSR count). The van der Waals surface area contributed by atoms with E-state index in [1.807, 2.05) is 25.9 Å². The topological polar surface area (TPSA) is 73.8 Å². The standard InChI is InChI=1S/C27H36N4O3S2/c1-6-22-9-7-8-14-31(22)36(33,34)23-12-10-21(11-13-23)26(32)30(16-15-29(4)5)27-28-24-17-19(2)20(3)18-25(24)35-27/h10-13,17-18,22H,6-9,14-16H2,1-5H3. The van der Waals surface area contributed by atoms with E-state index in [4.69, 9.17) is 4.98 Å². The van der Waals surface area contributed by atoms with Crippen molar-refractivity contribution in [2.75, 3.05) is 38.6 Å². The van der Waals surface area contributed by atoms with Gasteiger partial charge in [0.2, 0.25) is 10.0 Å². The summed E-state index contributed by atoms with van der Waals surface area (Å²) in [6.07, 6.45) is 3.65. The largest absolute Gasteiger partial charge is 0.308 e. The van der Waals surface area contributed by atoms with Crippen molar-refractivity contribution in [1.29, 1.82) is 0 Å². The number of aromatic nitrogens is 1. The third-order valence-corrected chi connectivity index (χ3v) is 10.00. The fourth-order valence-electron chi connectivity index (χ4n) is 4.63. The molecule has 3 aromatic rings. The van der Waals surface area contributed by atoms with Crippen LogP contribution in [0.5, 0.6) is 0 Å². The number of anilines is 1. The van der Waals surface area contributed by atoms with E-state index in [1.54, 1.807) is 33.5 Å². The van der Waals surface area contributed by atoms with Crippen molar-refractivity contribution in [2.45, 2.75) is 57.4 Å². The molecule has 1 aliphatic heterocycles. The van der Waals surface area contributed by atoms with Gasteiger partial charge < -0.3 is 4.90 Å². The van der Waals surface area contributed by atoms with Gasteiger partial charge >= 0.3 is 0 Å². The molecule has 0 spiro atoms. The molecule has 1 amide bonds. The SMILES string of the molecule is CCC1CCCCN1S(=O)(=O)c1ccc(C(=O)N(CCN(C)C)c2nc3cc(C)c(C)cc3s2)cc1. The van der Waals surface area contributed by atoms with Gasteiger partial charge in [-0.3, -0.25) is 9.69 Å². The number of hydrogen-bond acceptors (Lipinski definition) is 6. The number of aryl methyl sites for hydroxylation is 2. The zero-order valence-corrected chi connectivity index (χ0v) is 23.5. The fourth-order valence-corrected chi connectivity index (χ4v) is 7.46. The van der Waals surface area contributed by atoms with Crippen LogP contribution in [0.3, 0.4) is 0 Å². The molecule has 194 valence electrons. The molecular weight excluding hydrogens is 492 g/mol. The Hall–Kier alpha value is -2.33. The summed E-state index contributed by atoms with van der Waals surface area (Å²) in [6.45, 7) is 7.88. The maximum Gasteiger partial charge on any atom is 0.260 e. The molecular formula is C27H36N4O3S2. The van der Waals surface area contributed by atoms with E-state index < -0.39 is 10.0 Å². The molecule has 2 heterocycles. The van der Waals surface area contributed by atoms with Gasteiger partial charge in [0, 0.05) is 31.2 Å². The normalized spacial score (nSPS) is 17.1. The lowest BCUT2D eigenvalue weighted by molar-refractivity contribution is 0.0985. The number of carbonyl (C=O) groups is 1. The number of benzene rings is 2. The van der Waals surface area contributed by atoms with E-state index in [0.29, 0.717) is 30.3 Å². The Balaban J connectivity index is 1.63. The van der Waals surface area contributed by atoms with Gasteiger partial charge in [0.1, 0.15) is 0 Å².